The molecule has 1 spiro atoms. The van der Waals surface area contributed by atoms with Crippen LogP contribution in [0.15, 0.2) is 0 Å². The third kappa shape index (κ3) is 2.28. The maximum atomic E-state index is 12.2. The number of carbonyl (C=O) groups excluding carboxylic acids is 2. The Labute approximate surface area is 101 Å². The zero-order valence-corrected chi connectivity index (χ0v) is 10.1. The predicted molar refractivity (Wildman–Crippen MR) is 61.6 cm³/mol. The first-order chi connectivity index (χ1) is 8.19. The van der Waals surface area contributed by atoms with Gasteiger partial charge in [0.15, 0.2) is 0 Å². The van der Waals surface area contributed by atoms with Gasteiger partial charge in [0.25, 0.3) is 5.91 Å². The van der Waals surface area contributed by atoms with Crippen molar-refractivity contribution in [1.29, 1.82) is 0 Å². The fourth-order valence-corrected chi connectivity index (χ4v) is 2.37. The number of ether oxygens (including phenoxy) is 1. The highest BCUT2D eigenvalue weighted by Crippen LogP contribution is 2.24. The Morgan fingerprint density at radius 2 is 2.29 bits per heavy atom. The lowest BCUT2D eigenvalue weighted by Crippen LogP contribution is -2.57. The summed E-state index contributed by atoms with van der Waals surface area (Å²) in [5, 5.41) is 5.98. The van der Waals surface area contributed by atoms with Crippen molar-refractivity contribution in [1.82, 2.24) is 15.5 Å². The molecule has 2 heterocycles. The lowest BCUT2D eigenvalue weighted by atomic mass is 9.90. The fraction of sp³-hybridized carbons (Fsp3) is 0.818. The molecule has 0 radical (unpaired) electrons. The summed E-state index contributed by atoms with van der Waals surface area (Å²) in [7, 11) is 0. The number of nitrogens with zero attached hydrogens (tertiary/aromatic N) is 1. The second kappa shape index (κ2) is 5.01. The highest BCUT2D eigenvalue weighted by molar-refractivity contribution is 6.07. The number of amides is 3. The van der Waals surface area contributed by atoms with Gasteiger partial charge >= 0.3 is 6.03 Å². The van der Waals surface area contributed by atoms with Gasteiger partial charge in [-0.25, -0.2) is 4.79 Å². The topological polar surface area (TPSA) is 70.7 Å². The average Bonchev–Trinajstić information content (AvgIpc) is 2.55. The van der Waals surface area contributed by atoms with E-state index in [-0.39, 0.29) is 11.9 Å². The molecule has 0 saturated carbocycles. The Morgan fingerprint density at radius 3 is 2.94 bits per heavy atom. The molecular weight excluding hydrogens is 222 g/mol. The molecule has 2 aliphatic rings. The average molecular weight is 241 g/mol. The van der Waals surface area contributed by atoms with Crippen LogP contribution in [-0.4, -0.2) is 55.2 Å². The molecule has 3 amide bonds. The van der Waals surface area contributed by atoms with Crippen LogP contribution >= 0.6 is 0 Å². The first kappa shape index (κ1) is 12.3. The summed E-state index contributed by atoms with van der Waals surface area (Å²) < 4.78 is 5.18. The molecular formula is C11H19N3O3. The van der Waals surface area contributed by atoms with E-state index in [1.54, 1.807) is 0 Å². The Balaban J connectivity index is 2.00. The molecule has 2 N–H and O–H groups in total. The summed E-state index contributed by atoms with van der Waals surface area (Å²) in [5.74, 6) is -0.116. The number of carbonyl (C=O) groups is 2. The van der Waals surface area contributed by atoms with Gasteiger partial charge in [0.1, 0.15) is 5.54 Å². The molecule has 2 fully saturated rings. The molecule has 96 valence electrons. The third-order valence-corrected chi connectivity index (χ3v) is 3.29. The summed E-state index contributed by atoms with van der Waals surface area (Å²) in [5.41, 5.74) is -0.707. The highest BCUT2D eigenvalue weighted by atomic mass is 16.5. The molecule has 0 aliphatic carbocycles. The van der Waals surface area contributed by atoms with Crippen LogP contribution in [0.2, 0.25) is 0 Å². The van der Waals surface area contributed by atoms with Crippen LogP contribution in [0.1, 0.15) is 19.8 Å². The number of urea groups is 1. The van der Waals surface area contributed by atoms with Gasteiger partial charge in [-0.15, -0.1) is 0 Å². The Kier molecular flexibility index (Phi) is 3.63. The SMILES string of the molecule is CCOCCN1C(=O)NC2(CCCNC2)C1=O. The van der Waals surface area contributed by atoms with Crippen molar-refractivity contribution in [3.63, 3.8) is 0 Å². The van der Waals surface area contributed by atoms with Crippen molar-refractivity contribution in [2.45, 2.75) is 25.3 Å². The predicted octanol–water partition coefficient (Wildman–Crippen LogP) is -0.303. The van der Waals surface area contributed by atoms with Crippen LogP contribution in [0.25, 0.3) is 0 Å². The van der Waals surface area contributed by atoms with Gasteiger partial charge in [0, 0.05) is 13.2 Å². The van der Waals surface area contributed by atoms with E-state index >= 15 is 0 Å². The zero-order chi connectivity index (χ0) is 12.3. The van der Waals surface area contributed by atoms with Crippen molar-refractivity contribution in [2.75, 3.05) is 32.8 Å². The van der Waals surface area contributed by atoms with Gasteiger partial charge in [-0.3, -0.25) is 9.69 Å². The molecule has 0 aromatic rings. The van der Waals surface area contributed by atoms with E-state index in [1.807, 2.05) is 6.92 Å². The number of hydrogen-bond acceptors (Lipinski definition) is 4. The van der Waals surface area contributed by atoms with Gasteiger partial charge in [0.05, 0.1) is 13.2 Å². The minimum absolute atomic E-state index is 0.116. The molecule has 0 aromatic heterocycles. The van der Waals surface area contributed by atoms with E-state index in [2.05, 4.69) is 10.6 Å². The van der Waals surface area contributed by atoms with Crippen LogP contribution in [0.4, 0.5) is 4.79 Å². The maximum absolute atomic E-state index is 12.2. The van der Waals surface area contributed by atoms with E-state index in [4.69, 9.17) is 4.74 Å². The van der Waals surface area contributed by atoms with Crippen molar-refractivity contribution in [2.24, 2.45) is 0 Å². The zero-order valence-electron chi connectivity index (χ0n) is 10.1. The van der Waals surface area contributed by atoms with Gasteiger partial charge in [-0.2, -0.15) is 0 Å². The largest absolute Gasteiger partial charge is 0.380 e. The summed E-state index contributed by atoms with van der Waals surface area (Å²) in [6, 6.07) is -0.293. The normalized spacial score (nSPS) is 28.9. The smallest absolute Gasteiger partial charge is 0.325 e. The van der Waals surface area contributed by atoms with Gasteiger partial charge in [0.2, 0.25) is 0 Å². The minimum atomic E-state index is -0.707. The standard InChI is InChI=1S/C11H19N3O3/c1-2-17-7-6-14-9(15)11(13-10(14)16)4-3-5-12-8-11/h12H,2-8H2,1H3,(H,13,16). The molecule has 6 nitrogen and oxygen atoms in total. The Bertz CT molecular complexity index is 313. The number of nitrogens with one attached hydrogen (secondary N) is 2. The molecule has 1 atom stereocenters. The van der Waals surface area contributed by atoms with Crippen molar-refractivity contribution < 1.29 is 14.3 Å². The maximum Gasteiger partial charge on any atom is 0.325 e. The van der Waals surface area contributed by atoms with Crippen LogP contribution < -0.4 is 10.6 Å². The third-order valence-electron chi connectivity index (χ3n) is 3.29. The van der Waals surface area contributed by atoms with Crippen LogP contribution in [-0.2, 0) is 9.53 Å². The first-order valence-corrected chi connectivity index (χ1v) is 6.12. The van der Waals surface area contributed by atoms with Gasteiger partial charge in [-0.05, 0) is 26.3 Å². The van der Waals surface area contributed by atoms with Crippen LogP contribution in [0, 0.1) is 0 Å². The van der Waals surface area contributed by atoms with Crippen molar-refractivity contribution in [3.8, 4) is 0 Å². The summed E-state index contributed by atoms with van der Waals surface area (Å²) in [4.78, 5) is 25.3. The molecule has 2 aliphatic heterocycles. The number of piperidine rings is 1. The Hall–Kier alpha value is -1.14. The molecule has 6 heteroatoms. The second-order valence-electron chi connectivity index (χ2n) is 4.45. The van der Waals surface area contributed by atoms with E-state index in [9.17, 15) is 9.59 Å². The monoisotopic (exact) mass is 241 g/mol. The quantitative estimate of drug-likeness (QED) is 0.523. The minimum Gasteiger partial charge on any atom is -0.380 e. The lowest BCUT2D eigenvalue weighted by molar-refractivity contribution is -0.132. The molecule has 17 heavy (non-hydrogen) atoms. The van der Waals surface area contributed by atoms with E-state index in [0.29, 0.717) is 26.3 Å². The number of imide groups is 1. The Morgan fingerprint density at radius 1 is 1.47 bits per heavy atom. The van der Waals surface area contributed by atoms with E-state index in [0.717, 1.165) is 19.4 Å². The molecule has 0 bridgehead atoms. The number of hydrogen-bond donors (Lipinski definition) is 2. The highest BCUT2D eigenvalue weighted by Gasteiger charge is 2.51. The van der Waals surface area contributed by atoms with E-state index < -0.39 is 5.54 Å². The fourth-order valence-electron chi connectivity index (χ4n) is 2.37. The summed E-state index contributed by atoms with van der Waals surface area (Å²) in [6.45, 7) is 4.65. The van der Waals surface area contributed by atoms with Crippen LogP contribution in [0.3, 0.4) is 0 Å². The first-order valence-electron chi connectivity index (χ1n) is 6.12. The molecule has 1 unspecified atom stereocenters. The summed E-state index contributed by atoms with van der Waals surface area (Å²) in [6.07, 6.45) is 1.63. The van der Waals surface area contributed by atoms with Crippen LogP contribution in [0.5, 0.6) is 0 Å². The van der Waals surface area contributed by atoms with Crippen molar-refractivity contribution >= 4 is 11.9 Å². The second-order valence-corrected chi connectivity index (χ2v) is 4.45. The van der Waals surface area contributed by atoms with E-state index in [1.165, 1.54) is 4.90 Å². The summed E-state index contributed by atoms with van der Waals surface area (Å²) >= 11 is 0. The van der Waals surface area contributed by atoms with Gasteiger partial charge in [-0.1, -0.05) is 0 Å². The molecule has 2 rings (SSSR count). The molecule has 0 aromatic carbocycles. The van der Waals surface area contributed by atoms with Crippen molar-refractivity contribution in [3.05, 3.63) is 0 Å². The molecule has 2 saturated heterocycles. The number of rotatable bonds is 4. The lowest BCUT2D eigenvalue weighted by Gasteiger charge is -2.31. The van der Waals surface area contributed by atoms with Gasteiger partial charge < -0.3 is 15.4 Å².